The summed E-state index contributed by atoms with van der Waals surface area (Å²) in [6, 6.07) is 3.65. The first-order valence-corrected chi connectivity index (χ1v) is 8.39. The number of aliphatic hydroxyl groups excluding tert-OH is 1. The molecule has 1 unspecified atom stereocenters. The Kier molecular flexibility index (Phi) is 7.74. The third kappa shape index (κ3) is 7.62. The van der Waals surface area contributed by atoms with Gasteiger partial charge >= 0.3 is 0 Å². The second-order valence-corrected chi connectivity index (χ2v) is 7.16. The van der Waals surface area contributed by atoms with Gasteiger partial charge in [0.15, 0.2) is 5.82 Å². The van der Waals surface area contributed by atoms with E-state index < -0.39 is 6.10 Å². The summed E-state index contributed by atoms with van der Waals surface area (Å²) in [7, 11) is 0. The summed E-state index contributed by atoms with van der Waals surface area (Å²) >= 11 is 3.31. The molecule has 128 valence electrons. The lowest BCUT2D eigenvalue weighted by Crippen LogP contribution is -2.26. The molecule has 0 aliphatic rings. The van der Waals surface area contributed by atoms with Crippen molar-refractivity contribution in [2.24, 2.45) is 5.73 Å². The van der Waals surface area contributed by atoms with Gasteiger partial charge in [0.1, 0.15) is 10.3 Å². The van der Waals surface area contributed by atoms with Crippen molar-refractivity contribution in [3.63, 3.8) is 0 Å². The molecule has 1 atom stereocenters. The second-order valence-electron chi connectivity index (χ2n) is 6.35. The van der Waals surface area contributed by atoms with E-state index in [9.17, 15) is 5.11 Å². The Hall–Kier alpha value is -1.38. The minimum Gasteiger partial charge on any atom is -0.388 e. The van der Waals surface area contributed by atoms with Gasteiger partial charge in [-0.2, -0.15) is 0 Å². The Morgan fingerprint density at radius 1 is 1.35 bits per heavy atom. The topological polar surface area (TPSA) is 114 Å². The molecule has 2 aromatic rings. The van der Waals surface area contributed by atoms with E-state index in [0.717, 1.165) is 18.4 Å². The summed E-state index contributed by atoms with van der Waals surface area (Å²) in [5, 5.41) is 23.8. The van der Waals surface area contributed by atoms with Gasteiger partial charge in [0.2, 0.25) is 0 Å². The van der Waals surface area contributed by atoms with E-state index in [1.807, 2.05) is 26.8 Å². The SMILES string of the molecule is CC(C)(C)N.CCCCC(O)c1ccc(Br)nc1-c1nnn[nH]1. The molecule has 0 aliphatic carbocycles. The minimum atomic E-state index is -0.550. The van der Waals surface area contributed by atoms with Crippen LogP contribution < -0.4 is 5.73 Å². The zero-order valence-corrected chi connectivity index (χ0v) is 15.6. The fourth-order valence-electron chi connectivity index (χ4n) is 1.72. The molecule has 8 heteroatoms. The maximum Gasteiger partial charge on any atom is 0.198 e. The molecule has 0 amide bonds. The number of aromatic amines is 1. The predicted octanol–water partition coefficient (Wildman–Crippen LogP) is 2.99. The van der Waals surface area contributed by atoms with Crippen LogP contribution in [0.15, 0.2) is 16.7 Å². The molecule has 0 saturated carbocycles. The van der Waals surface area contributed by atoms with Crippen LogP contribution >= 0.6 is 15.9 Å². The van der Waals surface area contributed by atoms with E-state index in [4.69, 9.17) is 5.73 Å². The Bertz CT molecular complexity index is 576. The van der Waals surface area contributed by atoms with Crippen LogP contribution in [-0.4, -0.2) is 36.3 Å². The van der Waals surface area contributed by atoms with E-state index in [-0.39, 0.29) is 5.54 Å². The highest BCUT2D eigenvalue weighted by atomic mass is 79.9. The summed E-state index contributed by atoms with van der Waals surface area (Å²) in [5.41, 5.74) is 6.68. The van der Waals surface area contributed by atoms with Crippen LogP contribution in [0.25, 0.3) is 11.5 Å². The van der Waals surface area contributed by atoms with Crippen molar-refractivity contribution in [3.8, 4) is 11.5 Å². The van der Waals surface area contributed by atoms with Gasteiger partial charge in [-0.1, -0.05) is 25.8 Å². The fraction of sp³-hybridized carbons (Fsp3) is 0.600. The van der Waals surface area contributed by atoms with Crippen LogP contribution in [0.2, 0.25) is 0 Å². The number of pyridine rings is 1. The zero-order chi connectivity index (χ0) is 17.5. The number of nitrogens with one attached hydrogen (secondary N) is 1. The number of nitrogens with two attached hydrogens (primary N) is 1. The Morgan fingerprint density at radius 3 is 2.52 bits per heavy atom. The molecular weight excluding hydrogens is 360 g/mol. The van der Waals surface area contributed by atoms with E-state index in [2.05, 4.69) is 48.5 Å². The van der Waals surface area contributed by atoms with Crippen molar-refractivity contribution >= 4 is 15.9 Å². The highest BCUT2D eigenvalue weighted by Gasteiger charge is 2.17. The molecular formula is C15H25BrN6O. The van der Waals surface area contributed by atoms with Gasteiger partial charge in [-0.3, -0.25) is 0 Å². The van der Waals surface area contributed by atoms with Crippen LogP contribution in [0, 0.1) is 0 Å². The highest BCUT2D eigenvalue weighted by molar-refractivity contribution is 9.10. The predicted molar refractivity (Wildman–Crippen MR) is 93.5 cm³/mol. The van der Waals surface area contributed by atoms with Crippen molar-refractivity contribution in [2.75, 3.05) is 0 Å². The third-order valence-corrected chi connectivity index (χ3v) is 3.09. The summed E-state index contributed by atoms with van der Waals surface area (Å²) < 4.78 is 0.681. The van der Waals surface area contributed by atoms with Crippen molar-refractivity contribution in [1.82, 2.24) is 25.6 Å². The molecule has 2 heterocycles. The number of rotatable bonds is 5. The molecule has 0 radical (unpaired) electrons. The minimum absolute atomic E-state index is 0. The summed E-state index contributed by atoms with van der Waals surface area (Å²) in [6.07, 6.45) is 2.16. The number of halogens is 1. The lowest BCUT2D eigenvalue weighted by molar-refractivity contribution is 0.164. The molecule has 23 heavy (non-hydrogen) atoms. The number of unbranched alkanes of at least 4 members (excludes halogenated alkanes) is 1. The molecule has 2 aromatic heterocycles. The average Bonchev–Trinajstić information content (AvgIpc) is 2.97. The summed E-state index contributed by atoms with van der Waals surface area (Å²) in [6.45, 7) is 7.99. The molecule has 4 N–H and O–H groups in total. The number of nitrogens with zero attached hydrogens (tertiary/aromatic N) is 4. The number of hydrogen-bond acceptors (Lipinski definition) is 6. The molecule has 7 nitrogen and oxygen atoms in total. The number of H-pyrrole nitrogens is 1. The molecule has 0 fully saturated rings. The van der Waals surface area contributed by atoms with Gasteiger partial charge in [0.05, 0.1) is 6.10 Å². The molecule has 0 aliphatic heterocycles. The largest absolute Gasteiger partial charge is 0.388 e. The molecule has 0 saturated heterocycles. The molecule has 0 bridgehead atoms. The lowest BCUT2D eigenvalue weighted by atomic mass is 10.0. The Labute approximate surface area is 145 Å². The van der Waals surface area contributed by atoms with Crippen molar-refractivity contribution < 1.29 is 5.11 Å². The van der Waals surface area contributed by atoms with Crippen LogP contribution in [-0.2, 0) is 0 Å². The Morgan fingerprint density at radius 2 is 2.00 bits per heavy atom. The quantitative estimate of drug-likeness (QED) is 0.682. The zero-order valence-electron chi connectivity index (χ0n) is 14.0. The highest BCUT2D eigenvalue weighted by Crippen LogP contribution is 2.28. The average molecular weight is 385 g/mol. The molecule has 0 spiro atoms. The first-order valence-electron chi connectivity index (χ1n) is 7.59. The van der Waals surface area contributed by atoms with Crippen LogP contribution in [0.4, 0.5) is 0 Å². The second kappa shape index (κ2) is 9.05. The van der Waals surface area contributed by atoms with Gasteiger partial charge in [0.25, 0.3) is 0 Å². The van der Waals surface area contributed by atoms with E-state index in [0.29, 0.717) is 22.5 Å². The third-order valence-electron chi connectivity index (χ3n) is 2.65. The van der Waals surface area contributed by atoms with E-state index >= 15 is 0 Å². The number of aliphatic hydroxyl groups is 1. The van der Waals surface area contributed by atoms with Crippen molar-refractivity contribution in [3.05, 3.63) is 22.3 Å². The van der Waals surface area contributed by atoms with Gasteiger partial charge in [-0.25, -0.2) is 10.1 Å². The molecule has 2 rings (SSSR count). The first-order chi connectivity index (χ1) is 10.7. The number of tetrazole rings is 1. The van der Waals surface area contributed by atoms with Crippen LogP contribution in [0.3, 0.4) is 0 Å². The normalized spacial score (nSPS) is 12.5. The Balaban J connectivity index is 0.000000463. The van der Waals surface area contributed by atoms with Gasteiger partial charge < -0.3 is 10.8 Å². The summed E-state index contributed by atoms with van der Waals surface area (Å²) in [5.74, 6) is 0.460. The van der Waals surface area contributed by atoms with Crippen LogP contribution in [0.5, 0.6) is 0 Å². The van der Waals surface area contributed by atoms with E-state index in [1.165, 1.54) is 0 Å². The maximum atomic E-state index is 10.2. The molecule has 0 aromatic carbocycles. The standard InChI is InChI=1S/C11H14BrN5O.C4H11N/c1-2-3-4-8(18)7-5-6-9(12)13-10(7)11-14-16-17-15-11;1-4(2,3)5/h5-6,8,18H,2-4H2,1H3,(H,14,15,16,17);5H2,1-3H3. The van der Waals surface area contributed by atoms with Gasteiger partial charge in [0, 0.05) is 11.1 Å². The van der Waals surface area contributed by atoms with Crippen molar-refractivity contribution in [1.29, 1.82) is 0 Å². The number of hydrogen-bond donors (Lipinski definition) is 3. The van der Waals surface area contributed by atoms with E-state index in [1.54, 1.807) is 6.07 Å². The monoisotopic (exact) mass is 384 g/mol. The maximum absolute atomic E-state index is 10.2. The summed E-state index contributed by atoms with van der Waals surface area (Å²) in [4.78, 5) is 4.33. The fourth-order valence-corrected chi connectivity index (χ4v) is 2.03. The van der Waals surface area contributed by atoms with Gasteiger partial charge in [-0.05, 0) is 59.6 Å². The smallest absolute Gasteiger partial charge is 0.198 e. The van der Waals surface area contributed by atoms with Gasteiger partial charge in [-0.15, -0.1) is 5.10 Å². The lowest BCUT2D eigenvalue weighted by Gasteiger charge is -2.13. The van der Waals surface area contributed by atoms with Crippen LogP contribution in [0.1, 0.15) is 58.6 Å². The van der Waals surface area contributed by atoms with Crippen molar-refractivity contribution in [2.45, 2.75) is 58.6 Å². The number of aromatic nitrogens is 5. The first kappa shape index (κ1) is 19.7.